The molecule has 2 saturated heterocycles. The topological polar surface area (TPSA) is 24.5 Å². The van der Waals surface area contributed by atoms with Crippen LogP contribution in [0.1, 0.15) is 39.5 Å². The Kier molecular flexibility index (Phi) is 4.45. The van der Waals surface area contributed by atoms with Crippen molar-refractivity contribution in [3.05, 3.63) is 0 Å². The van der Waals surface area contributed by atoms with Crippen LogP contribution in [-0.4, -0.2) is 49.8 Å². The van der Waals surface area contributed by atoms with Crippen molar-refractivity contribution in [3.63, 3.8) is 0 Å². The average Bonchev–Trinajstić information content (AvgIpc) is 2.36. The zero-order chi connectivity index (χ0) is 12.3. The minimum absolute atomic E-state index is 0.133. The fourth-order valence-electron chi connectivity index (χ4n) is 3.13. The molecule has 2 aliphatic rings. The first kappa shape index (κ1) is 13.3. The summed E-state index contributed by atoms with van der Waals surface area (Å²) in [6.07, 6.45) is 4.92. The van der Waals surface area contributed by atoms with Gasteiger partial charge >= 0.3 is 0 Å². The van der Waals surface area contributed by atoms with Crippen molar-refractivity contribution in [2.45, 2.75) is 51.2 Å². The minimum atomic E-state index is 0.133. The first-order chi connectivity index (χ1) is 8.16. The van der Waals surface area contributed by atoms with E-state index in [4.69, 9.17) is 4.74 Å². The Labute approximate surface area is 106 Å². The smallest absolute Gasteiger partial charge is 0.0859 e. The number of likely N-dealkylation sites (tertiary alicyclic amines) is 1. The van der Waals surface area contributed by atoms with Crippen LogP contribution in [0.25, 0.3) is 0 Å². The van der Waals surface area contributed by atoms with Gasteiger partial charge in [-0.05, 0) is 32.2 Å². The van der Waals surface area contributed by atoms with Crippen LogP contribution in [-0.2, 0) is 4.74 Å². The zero-order valence-electron chi connectivity index (χ0n) is 11.7. The van der Waals surface area contributed by atoms with E-state index in [0.717, 1.165) is 19.1 Å². The molecule has 2 fully saturated rings. The molecule has 3 nitrogen and oxygen atoms in total. The fourth-order valence-corrected chi connectivity index (χ4v) is 3.13. The highest BCUT2D eigenvalue weighted by atomic mass is 16.5. The van der Waals surface area contributed by atoms with Gasteiger partial charge in [-0.15, -0.1) is 0 Å². The molecule has 0 aromatic carbocycles. The lowest BCUT2D eigenvalue weighted by atomic mass is 9.79. The fraction of sp³-hybridized carbons (Fsp3) is 1.00. The second-order valence-corrected chi connectivity index (χ2v) is 5.97. The van der Waals surface area contributed by atoms with Crippen molar-refractivity contribution in [2.24, 2.45) is 5.92 Å². The van der Waals surface area contributed by atoms with Crippen molar-refractivity contribution in [3.8, 4) is 0 Å². The van der Waals surface area contributed by atoms with E-state index >= 15 is 0 Å². The summed E-state index contributed by atoms with van der Waals surface area (Å²) in [6, 6.07) is 0.569. The monoisotopic (exact) mass is 240 g/mol. The third kappa shape index (κ3) is 3.01. The summed E-state index contributed by atoms with van der Waals surface area (Å²) in [5, 5.41) is 3.72. The number of hydrogen-bond donors (Lipinski definition) is 1. The Bertz CT molecular complexity index is 236. The SMILES string of the molecule is CCC(C)CC1NCCOC12CCN(C)CC2. The van der Waals surface area contributed by atoms with Crippen molar-refractivity contribution >= 4 is 0 Å². The highest BCUT2D eigenvalue weighted by molar-refractivity contribution is 4.99. The number of piperidine rings is 1. The van der Waals surface area contributed by atoms with Gasteiger partial charge in [0.15, 0.2) is 0 Å². The molecule has 0 amide bonds. The van der Waals surface area contributed by atoms with Crippen LogP contribution in [0.15, 0.2) is 0 Å². The maximum Gasteiger partial charge on any atom is 0.0859 e. The van der Waals surface area contributed by atoms with Gasteiger partial charge in [0.25, 0.3) is 0 Å². The van der Waals surface area contributed by atoms with Gasteiger partial charge in [-0.3, -0.25) is 0 Å². The molecule has 17 heavy (non-hydrogen) atoms. The molecule has 100 valence electrons. The van der Waals surface area contributed by atoms with Crippen LogP contribution in [0.3, 0.4) is 0 Å². The summed E-state index contributed by atoms with van der Waals surface area (Å²) in [6.45, 7) is 8.92. The summed E-state index contributed by atoms with van der Waals surface area (Å²) in [5.74, 6) is 0.797. The van der Waals surface area contributed by atoms with Gasteiger partial charge in [0.2, 0.25) is 0 Å². The molecule has 2 atom stereocenters. The van der Waals surface area contributed by atoms with Crippen LogP contribution in [0.2, 0.25) is 0 Å². The van der Waals surface area contributed by atoms with Crippen molar-refractivity contribution in [2.75, 3.05) is 33.3 Å². The third-order valence-electron chi connectivity index (χ3n) is 4.69. The summed E-state index contributed by atoms with van der Waals surface area (Å²) in [5.41, 5.74) is 0.133. The van der Waals surface area contributed by atoms with Crippen molar-refractivity contribution < 1.29 is 4.74 Å². The molecule has 1 spiro atoms. The largest absolute Gasteiger partial charge is 0.372 e. The molecule has 2 rings (SSSR count). The molecule has 2 heterocycles. The molecule has 0 radical (unpaired) electrons. The van der Waals surface area contributed by atoms with Gasteiger partial charge < -0.3 is 15.0 Å². The van der Waals surface area contributed by atoms with E-state index in [1.807, 2.05) is 0 Å². The predicted molar refractivity (Wildman–Crippen MR) is 71.3 cm³/mol. The second kappa shape index (κ2) is 5.68. The van der Waals surface area contributed by atoms with Crippen LogP contribution >= 0.6 is 0 Å². The summed E-state index contributed by atoms with van der Waals surface area (Å²) >= 11 is 0. The van der Waals surface area contributed by atoms with Crippen LogP contribution in [0, 0.1) is 5.92 Å². The maximum atomic E-state index is 6.22. The van der Waals surface area contributed by atoms with Gasteiger partial charge in [0.05, 0.1) is 12.2 Å². The minimum Gasteiger partial charge on any atom is -0.372 e. The number of rotatable bonds is 3. The Hall–Kier alpha value is -0.120. The first-order valence-corrected chi connectivity index (χ1v) is 7.22. The molecule has 3 heteroatoms. The summed E-state index contributed by atoms with van der Waals surface area (Å²) < 4.78 is 6.22. The Balaban J connectivity index is 2.00. The molecule has 0 bridgehead atoms. The van der Waals surface area contributed by atoms with Crippen molar-refractivity contribution in [1.82, 2.24) is 10.2 Å². The van der Waals surface area contributed by atoms with Gasteiger partial charge in [-0.25, -0.2) is 0 Å². The second-order valence-electron chi connectivity index (χ2n) is 5.97. The Morgan fingerprint density at radius 1 is 1.41 bits per heavy atom. The molecule has 2 unspecified atom stereocenters. The highest BCUT2D eigenvalue weighted by Gasteiger charge is 2.43. The molecule has 0 aliphatic carbocycles. The average molecular weight is 240 g/mol. The number of morpholine rings is 1. The van der Waals surface area contributed by atoms with Crippen molar-refractivity contribution in [1.29, 1.82) is 0 Å². The van der Waals surface area contributed by atoms with Gasteiger partial charge in [0.1, 0.15) is 0 Å². The summed E-state index contributed by atoms with van der Waals surface area (Å²) in [4.78, 5) is 2.42. The van der Waals surface area contributed by atoms with Gasteiger partial charge in [-0.1, -0.05) is 20.3 Å². The quantitative estimate of drug-likeness (QED) is 0.815. The summed E-state index contributed by atoms with van der Waals surface area (Å²) in [7, 11) is 2.22. The molecule has 2 aliphatic heterocycles. The lowest BCUT2D eigenvalue weighted by molar-refractivity contribution is -0.129. The maximum absolute atomic E-state index is 6.22. The third-order valence-corrected chi connectivity index (χ3v) is 4.69. The van der Waals surface area contributed by atoms with Crippen LogP contribution < -0.4 is 5.32 Å². The number of hydrogen-bond acceptors (Lipinski definition) is 3. The number of nitrogens with one attached hydrogen (secondary N) is 1. The van der Waals surface area contributed by atoms with E-state index in [-0.39, 0.29) is 5.60 Å². The molecular weight excluding hydrogens is 212 g/mol. The van der Waals surface area contributed by atoms with E-state index in [1.165, 1.54) is 38.8 Å². The lowest BCUT2D eigenvalue weighted by Crippen LogP contribution is -2.62. The predicted octanol–water partition coefficient (Wildman–Crippen LogP) is 1.88. The van der Waals surface area contributed by atoms with Gasteiger partial charge in [0, 0.05) is 25.7 Å². The van der Waals surface area contributed by atoms with Gasteiger partial charge in [-0.2, -0.15) is 0 Å². The molecule has 0 saturated carbocycles. The first-order valence-electron chi connectivity index (χ1n) is 7.22. The van der Waals surface area contributed by atoms with E-state index in [9.17, 15) is 0 Å². The van der Waals surface area contributed by atoms with Crippen LogP contribution in [0.5, 0.6) is 0 Å². The standard InChI is InChI=1S/C14H28N2O/c1-4-12(2)11-13-14(17-10-7-15-13)5-8-16(3)9-6-14/h12-13,15H,4-11H2,1-3H3. The molecule has 0 aromatic heterocycles. The molecule has 1 N–H and O–H groups in total. The lowest BCUT2D eigenvalue weighted by Gasteiger charge is -2.49. The molecule has 0 aromatic rings. The van der Waals surface area contributed by atoms with E-state index < -0.39 is 0 Å². The van der Waals surface area contributed by atoms with E-state index in [0.29, 0.717) is 6.04 Å². The highest BCUT2D eigenvalue weighted by Crippen LogP contribution is 2.34. The normalized spacial score (nSPS) is 31.6. The number of ether oxygens (including phenoxy) is 1. The van der Waals surface area contributed by atoms with Crippen LogP contribution in [0.4, 0.5) is 0 Å². The molecular formula is C14H28N2O. The van der Waals surface area contributed by atoms with E-state index in [2.05, 4.69) is 31.1 Å². The van der Waals surface area contributed by atoms with E-state index in [1.54, 1.807) is 0 Å². The zero-order valence-corrected chi connectivity index (χ0v) is 11.7. The Morgan fingerprint density at radius 2 is 2.12 bits per heavy atom. The number of nitrogens with zero attached hydrogens (tertiary/aromatic N) is 1. The Morgan fingerprint density at radius 3 is 2.76 bits per heavy atom.